The number of carbonyl (C=O) groups is 1. The van der Waals surface area contributed by atoms with E-state index >= 15 is 0 Å². The van der Waals surface area contributed by atoms with Gasteiger partial charge in [0.05, 0.1) is 23.9 Å². The number of nitrogens with zero attached hydrogens (tertiary/aromatic N) is 4. The van der Waals surface area contributed by atoms with Crippen molar-refractivity contribution in [2.24, 2.45) is 5.41 Å². The number of carbonyl (C=O) groups excluding carboxylic acids is 1. The molecule has 5 rings (SSSR count). The van der Waals surface area contributed by atoms with Gasteiger partial charge in [0.2, 0.25) is 5.82 Å². The Balaban J connectivity index is 1.45. The SMILES string of the molecule is O=C(c1nc(C2CC2)n(-c2ccccc2Cl)n1)N1CCOCC2(CCOCC2)C1. The highest BCUT2D eigenvalue weighted by molar-refractivity contribution is 6.32. The van der Waals surface area contributed by atoms with Crippen LogP contribution >= 0.6 is 11.6 Å². The van der Waals surface area contributed by atoms with E-state index in [1.165, 1.54) is 0 Å². The molecule has 2 aliphatic heterocycles. The summed E-state index contributed by atoms with van der Waals surface area (Å²) in [5, 5.41) is 5.21. The van der Waals surface area contributed by atoms with E-state index in [0.29, 0.717) is 37.2 Å². The molecule has 2 saturated heterocycles. The predicted octanol–water partition coefficient (Wildman–Crippen LogP) is 3.07. The van der Waals surface area contributed by atoms with Crippen molar-refractivity contribution in [2.45, 2.75) is 31.6 Å². The monoisotopic (exact) mass is 416 g/mol. The van der Waals surface area contributed by atoms with Gasteiger partial charge in [-0.05, 0) is 37.8 Å². The number of hydrogen-bond donors (Lipinski definition) is 0. The number of hydrogen-bond acceptors (Lipinski definition) is 5. The molecular weight excluding hydrogens is 392 g/mol. The number of aromatic nitrogens is 3. The van der Waals surface area contributed by atoms with E-state index in [2.05, 4.69) is 10.1 Å². The van der Waals surface area contributed by atoms with Crippen LogP contribution in [0, 0.1) is 5.41 Å². The van der Waals surface area contributed by atoms with Gasteiger partial charge in [0.15, 0.2) is 0 Å². The summed E-state index contributed by atoms with van der Waals surface area (Å²) in [7, 11) is 0. The molecule has 3 fully saturated rings. The van der Waals surface area contributed by atoms with Gasteiger partial charge in [-0.15, -0.1) is 5.10 Å². The summed E-state index contributed by atoms with van der Waals surface area (Å²) in [5.74, 6) is 1.29. The summed E-state index contributed by atoms with van der Waals surface area (Å²) in [4.78, 5) is 19.9. The van der Waals surface area contributed by atoms with Crippen LogP contribution in [0.15, 0.2) is 24.3 Å². The molecule has 7 nitrogen and oxygen atoms in total. The van der Waals surface area contributed by atoms with Crippen molar-refractivity contribution >= 4 is 17.5 Å². The van der Waals surface area contributed by atoms with Crippen molar-refractivity contribution in [1.82, 2.24) is 19.7 Å². The van der Waals surface area contributed by atoms with Crippen LogP contribution in [-0.2, 0) is 9.47 Å². The third kappa shape index (κ3) is 3.79. The number of ether oxygens (including phenoxy) is 2. The van der Waals surface area contributed by atoms with Gasteiger partial charge >= 0.3 is 0 Å². The molecule has 0 N–H and O–H groups in total. The van der Waals surface area contributed by atoms with Gasteiger partial charge < -0.3 is 14.4 Å². The number of para-hydroxylation sites is 1. The van der Waals surface area contributed by atoms with Gasteiger partial charge in [0, 0.05) is 37.6 Å². The lowest BCUT2D eigenvalue weighted by Crippen LogP contribution is -2.45. The summed E-state index contributed by atoms with van der Waals surface area (Å²) >= 11 is 6.40. The zero-order chi connectivity index (χ0) is 19.8. The van der Waals surface area contributed by atoms with Crippen LogP contribution in [0.2, 0.25) is 5.02 Å². The Bertz CT molecular complexity index is 905. The van der Waals surface area contributed by atoms with Gasteiger partial charge in [-0.25, -0.2) is 9.67 Å². The first-order valence-corrected chi connectivity index (χ1v) is 10.7. The van der Waals surface area contributed by atoms with E-state index < -0.39 is 0 Å². The molecule has 1 amide bonds. The lowest BCUT2D eigenvalue weighted by Gasteiger charge is -2.38. The van der Waals surface area contributed by atoms with E-state index in [-0.39, 0.29) is 17.1 Å². The van der Waals surface area contributed by atoms with Crippen LogP contribution in [0.1, 0.15) is 48.0 Å². The van der Waals surface area contributed by atoms with Gasteiger partial charge in [-0.1, -0.05) is 23.7 Å². The zero-order valence-electron chi connectivity index (χ0n) is 16.3. The van der Waals surface area contributed by atoms with Crippen LogP contribution in [-0.4, -0.2) is 65.1 Å². The Hall–Kier alpha value is -1.96. The topological polar surface area (TPSA) is 69.5 Å². The summed E-state index contributed by atoms with van der Waals surface area (Å²) in [5.41, 5.74) is 0.734. The van der Waals surface area contributed by atoms with Crippen molar-refractivity contribution in [2.75, 3.05) is 39.5 Å². The van der Waals surface area contributed by atoms with Gasteiger partial charge in [0.1, 0.15) is 5.82 Å². The minimum Gasteiger partial charge on any atom is -0.381 e. The zero-order valence-corrected chi connectivity index (χ0v) is 17.1. The Morgan fingerprint density at radius 3 is 2.69 bits per heavy atom. The van der Waals surface area contributed by atoms with Crippen molar-refractivity contribution in [3.05, 3.63) is 40.9 Å². The summed E-state index contributed by atoms with van der Waals surface area (Å²) < 4.78 is 13.1. The second-order valence-corrected chi connectivity index (χ2v) is 8.73. The van der Waals surface area contributed by atoms with Crippen molar-refractivity contribution < 1.29 is 14.3 Å². The Labute approximate surface area is 174 Å². The first-order chi connectivity index (χ1) is 14.2. The Morgan fingerprint density at radius 1 is 1.14 bits per heavy atom. The molecule has 8 heteroatoms. The predicted molar refractivity (Wildman–Crippen MR) is 108 cm³/mol. The third-order valence-electron chi connectivity index (χ3n) is 6.13. The fourth-order valence-corrected chi connectivity index (χ4v) is 4.45. The van der Waals surface area contributed by atoms with Crippen LogP contribution in [0.5, 0.6) is 0 Å². The maximum absolute atomic E-state index is 13.4. The molecule has 1 aromatic carbocycles. The normalized spacial score (nSPS) is 21.9. The van der Waals surface area contributed by atoms with Crippen LogP contribution in [0.3, 0.4) is 0 Å². The molecule has 0 radical (unpaired) electrons. The van der Waals surface area contributed by atoms with E-state index in [1.807, 2.05) is 29.2 Å². The van der Waals surface area contributed by atoms with E-state index in [9.17, 15) is 4.79 Å². The maximum Gasteiger partial charge on any atom is 0.293 e. The first kappa shape index (κ1) is 19.0. The third-order valence-corrected chi connectivity index (χ3v) is 6.45. The highest BCUT2D eigenvalue weighted by Crippen LogP contribution is 2.40. The molecule has 3 aliphatic rings. The van der Waals surface area contributed by atoms with Gasteiger partial charge in [-0.3, -0.25) is 4.79 Å². The molecule has 2 aromatic rings. The minimum absolute atomic E-state index is 0.0327. The fraction of sp³-hybridized carbons (Fsp3) is 0.571. The molecule has 1 saturated carbocycles. The molecule has 29 heavy (non-hydrogen) atoms. The Kier molecular flexibility index (Phi) is 5.05. The first-order valence-electron chi connectivity index (χ1n) is 10.3. The van der Waals surface area contributed by atoms with Crippen LogP contribution in [0.4, 0.5) is 0 Å². The Morgan fingerprint density at radius 2 is 1.93 bits per heavy atom. The number of halogens is 1. The van der Waals surface area contributed by atoms with E-state index in [4.69, 9.17) is 21.1 Å². The second kappa shape index (κ2) is 7.70. The van der Waals surface area contributed by atoms with Crippen LogP contribution < -0.4 is 0 Å². The number of amides is 1. The lowest BCUT2D eigenvalue weighted by atomic mass is 9.80. The van der Waals surface area contributed by atoms with E-state index in [1.54, 1.807) is 4.68 Å². The van der Waals surface area contributed by atoms with E-state index in [0.717, 1.165) is 50.4 Å². The molecule has 0 unspecified atom stereocenters. The largest absolute Gasteiger partial charge is 0.381 e. The highest BCUT2D eigenvalue weighted by atomic mass is 35.5. The molecule has 3 heterocycles. The molecule has 1 aromatic heterocycles. The quantitative estimate of drug-likeness (QED) is 0.769. The molecular formula is C21H25ClN4O3. The fourth-order valence-electron chi connectivity index (χ4n) is 4.24. The molecule has 0 bridgehead atoms. The molecule has 1 aliphatic carbocycles. The summed E-state index contributed by atoms with van der Waals surface area (Å²) in [6.45, 7) is 3.87. The minimum atomic E-state index is -0.130. The molecule has 0 atom stereocenters. The van der Waals surface area contributed by atoms with Gasteiger partial charge in [0.25, 0.3) is 5.91 Å². The number of rotatable bonds is 3. The smallest absolute Gasteiger partial charge is 0.293 e. The van der Waals surface area contributed by atoms with Crippen molar-refractivity contribution in [1.29, 1.82) is 0 Å². The average Bonchev–Trinajstić information content (AvgIpc) is 3.52. The number of benzene rings is 1. The maximum atomic E-state index is 13.4. The summed E-state index contributed by atoms with van der Waals surface area (Å²) in [6, 6.07) is 7.55. The highest BCUT2D eigenvalue weighted by Gasteiger charge is 2.39. The standard InChI is InChI=1S/C21H25ClN4O3/c22-16-3-1-2-4-17(16)26-19(15-5-6-15)23-18(24-26)20(27)25-9-12-29-14-21(13-25)7-10-28-11-8-21/h1-4,15H,5-14H2. The average molecular weight is 417 g/mol. The second-order valence-electron chi connectivity index (χ2n) is 8.32. The molecule has 1 spiro atoms. The molecule has 154 valence electrons. The van der Waals surface area contributed by atoms with Crippen molar-refractivity contribution in [3.63, 3.8) is 0 Å². The van der Waals surface area contributed by atoms with Crippen molar-refractivity contribution in [3.8, 4) is 5.69 Å². The van der Waals surface area contributed by atoms with Gasteiger partial charge in [-0.2, -0.15) is 0 Å². The lowest BCUT2D eigenvalue weighted by molar-refractivity contribution is -0.0304. The van der Waals surface area contributed by atoms with Crippen LogP contribution in [0.25, 0.3) is 5.69 Å². The summed E-state index contributed by atoms with van der Waals surface area (Å²) in [6.07, 6.45) is 3.95.